The van der Waals surface area contributed by atoms with Crippen LogP contribution < -0.4 is 5.32 Å². The van der Waals surface area contributed by atoms with E-state index in [1.165, 1.54) is 0 Å². The number of aliphatic hydroxyl groups is 1. The minimum atomic E-state index is -0.383. The molecule has 19 heavy (non-hydrogen) atoms. The minimum Gasteiger partial charge on any atom is -0.391 e. The average molecular weight is 279 g/mol. The molecule has 1 aliphatic carbocycles. The molecule has 0 aliphatic heterocycles. The first kappa shape index (κ1) is 14.4. The molecule has 3 unspecified atom stereocenters. The lowest BCUT2D eigenvalue weighted by Gasteiger charge is -2.29. The second-order valence-electron chi connectivity index (χ2n) is 5.04. The number of hydrogen-bond donors (Lipinski definition) is 2. The zero-order chi connectivity index (χ0) is 13.7. The molecule has 1 amide bonds. The summed E-state index contributed by atoms with van der Waals surface area (Å²) >= 11 is 1.55. The molecule has 1 fully saturated rings. The van der Waals surface area contributed by atoms with E-state index in [9.17, 15) is 9.90 Å². The summed E-state index contributed by atoms with van der Waals surface area (Å²) in [6.07, 6.45) is 3.44. The number of amides is 1. The van der Waals surface area contributed by atoms with Gasteiger partial charge in [-0.1, -0.05) is 31.0 Å². The van der Waals surface area contributed by atoms with Gasteiger partial charge < -0.3 is 10.4 Å². The van der Waals surface area contributed by atoms with Crippen molar-refractivity contribution in [1.29, 1.82) is 0 Å². The Hall–Kier alpha value is -1.00. The van der Waals surface area contributed by atoms with Crippen LogP contribution in [-0.4, -0.2) is 28.4 Å². The lowest BCUT2D eigenvalue weighted by Crippen LogP contribution is -2.47. The molecule has 0 heterocycles. The second kappa shape index (κ2) is 6.96. The van der Waals surface area contributed by atoms with Crippen molar-refractivity contribution in [3.63, 3.8) is 0 Å². The Kier molecular flexibility index (Phi) is 5.28. The van der Waals surface area contributed by atoms with Crippen molar-refractivity contribution in [2.75, 3.05) is 0 Å². The number of thioether (sulfide) groups is 1. The van der Waals surface area contributed by atoms with Gasteiger partial charge in [-0.05, 0) is 31.9 Å². The SMILES string of the molecule is CC(Sc1ccccc1)C(=O)NC1CCCCC1O. The number of carbonyl (C=O) groups excluding carboxylic acids is 1. The molecule has 1 aromatic carbocycles. The third-order valence-corrected chi connectivity index (χ3v) is 4.59. The maximum absolute atomic E-state index is 12.1. The van der Waals surface area contributed by atoms with E-state index in [0.717, 1.165) is 30.6 Å². The fourth-order valence-electron chi connectivity index (χ4n) is 2.34. The van der Waals surface area contributed by atoms with E-state index in [-0.39, 0.29) is 23.3 Å². The van der Waals surface area contributed by atoms with Crippen LogP contribution in [0.5, 0.6) is 0 Å². The quantitative estimate of drug-likeness (QED) is 0.833. The smallest absolute Gasteiger partial charge is 0.233 e. The normalized spacial score (nSPS) is 24.7. The van der Waals surface area contributed by atoms with Crippen molar-refractivity contribution >= 4 is 17.7 Å². The highest BCUT2D eigenvalue weighted by Crippen LogP contribution is 2.24. The molecule has 1 aromatic rings. The predicted molar refractivity (Wildman–Crippen MR) is 78.2 cm³/mol. The molecule has 104 valence electrons. The van der Waals surface area contributed by atoms with Gasteiger partial charge in [0, 0.05) is 4.90 Å². The van der Waals surface area contributed by atoms with Gasteiger partial charge in [0.2, 0.25) is 5.91 Å². The van der Waals surface area contributed by atoms with Gasteiger partial charge in [-0.2, -0.15) is 0 Å². The van der Waals surface area contributed by atoms with Crippen molar-refractivity contribution in [2.45, 2.75) is 54.9 Å². The van der Waals surface area contributed by atoms with Gasteiger partial charge in [0.25, 0.3) is 0 Å². The molecule has 0 radical (unpaired) electrons. The Bertz CT molecular complexity index is 410. The van der Waals surface area contributed by atoms with Crippen molar-refractivity contribution < 1.29 is 9.90 Å². The molecular weight excluding hydrogens is 258 g/mol. The van der Waals surface area contributed by atoms with Crippen LogP contribution in [0.1, 0.15) is 32.6 Å². The van der Waals surface area contributed by atoms with Crippen molar-refractivity contribution in [3.05, 3.63) is 30.3 Å². The maximum atomic E-state index is 12.1. The Morgan fingerprint density at radius 2 is 2.00 bits per heavy atom. The van der Waals surface area contributed by atoms with Crippen LogP contribution >= 0.6 is 11.8 Å². The van der Waals surface area contributed by atoms with Gasteiger partial charge >= 0.3 is 0 Å². The van der Waals surface area contributed by atoms with E-state index in [1.54, 1.807) is 11.8 Å². The van der Waals surface area contributed by atoms with E-state index >= 15 is 0 Å². The third kappa shape index (κ3) is 4.25. The average Bonchev–Trinajstić information content (AvgIpc) is 2.42. The predicted octanol–water partition coefficient (Wildman–Crippen LogP) is 2.59. The Morgan fingerprint density at radius 3 is 2.68 bits per heavy atom. The van der Waals surface area contributed by atoms with Crippen LogP contribution in [0.15, 0.2) is 35.2 Å². The Balaban J connectivity index is 1.85. The van der Waals surface area contributed by atoms with Crippen LogP contribution in [0.25, 0.3) is 0 Å². The summed E-state index contributed by atoms with van der Waals surface area (Å²) in [7, 11) is 0. The number of carbonyl (C=O) groups is 1. The van der Waals surface area contributed by atoms with Crippen LogP contribution in [0.3, 0.4) is 0 Å². The van der Waals surface area contributed by atoms with Crippen molar-refractivity contribution in [1.82, 2.24) is 5.32 Å². The number of rotatable bonds is 4. The fraction of sp³-hybridized carbons (Fsp3) is 0.533. The molecule has 3 nitrogen and oxygen atoms in total. The zero-order valence-corrected chi connectivity index (χ0v) is 12.0. The maximum Gasteiger partial charge on any atom is 0.233 e. The molecule has 0 bridgehead atoms. The Labute approximate surface area is 118 Å². The van der Waals surface area contributed by atoms with Crippen molar-refractivity contribution in [3.8, 4) is 0 Å². The van der Waals surface area contributed by atoms with Crippen LogP contribution in [0.4, 0.5) is 0 Å². The highest BCUT2D eigenvalue weighted by atomic mass is 32.2. The molecule has 3 atom stereocenters. The second-order valence-corrected chi connectivity index (χ2v) is 6.45. The van der Waals surface area contributed by atoms with E-state index in [2.05, 4.69) is 5.32 Å². The van der Waals surface area contributed by atoms with Gasteiger partial charge in [0.15, 0.2) is 0 Å². The highest BCUT2D eigenvalue weighted by Gasteiger charge is 2.26. The molecule has 0 saturated heterocycles. The first-order valence-electron chi connectivity index (χ1n) is 6.87. The summed E-state index contributed by atoms with van der Waals surface area (Å²) in [5.74, 6) is 0.0137. The molecule has 0 aromatic heterocycles. The van der Waals surface area contributed by atoms with E-state index in [1.807, 2.05) is 37.3 Å². The first-order chi connectivity index (χ1) is 9.16. The summed E-state index contributed by atoms with van der Waals surface area (Å²) in [4.78, 5) is 13.2. The molecule has 4 heteroatoms. The number of nitrogens with one attached hydrogen (secondary N) is 1. The number of benzene rings is 1. The minimum absolute atomic E-state index is 0.0137. The van der Waals surface area contributed by atoms with Gasteiger partial charge in [0.05, 0.1) is 17.4 Å². The van der Waals surface area contributed by atoms with E-state index < -0.39 is 0 Å². The molecule has 2 rings (SSSR count). The zero-order valence-electron chi connectivity index (χ0n) is 11.2. The lowest BCUT2D eigenvalue weighted by molar-refractivity contribution is -0.122. The summed E-state index contributed by atoms with van der Waals surface area (Å²) in [5.41, 5.74) is 0. The van der Waals surface area contributed by atoms with Crippen molar-refractivity contribution in [2.24, 2.45) is 0 Å². The summed E-state index contributed by atoms with van der Waals surface area (Å²) in [6, 6.07) is 9.84. The molecule has 1 aliphatic rings. The van der Waals surface area contributed by atoms with Gasteiger partial charge in [-0.3, -0.25) is 4.79 Å². The molecule has 1 saturated carbocycles. The fourth-order valence-corrected chi connectivity index (χ4v) is 3.23. The molecular formula is C15H21NO2S. The molecule has 0 spiro atoms. The largest absolute Gasteiger partial charge is 0.391 e. The molecule has 2 N–H and O–H groups in total. The third-order valence-electron chi connectivity index (χ3n) is 3.48. The number of hydrogen-bond acceptors (Lipinski definition) is 3. The number of aliphatic hydroxyl groups excluding tert-OH is 1. The van der Waals surface area contributed by atoms with Gasteiger partial charge in [0.1, 0.15) is 0 Å². The van der Waals surface area contributed by atoms with Gasteiger partial charge in [-0.15, -0.1) is 11.8 Å². The summed E-state index contributed by atoms with van der Waals surface area (Å²) in [6.45, 7) is 1.90. The standard InChI is InChI=1S/C15H21NO2S/c1-11(19-12-7-3-2-4-8-12)15(18)16-13-9-5-6-10-14(13)17/h2-4,7-8,11,13-14,17H,5-6,9-10H2,1H3,(H,16,18). The topological polar surface area (TPSA) is 49.3 Å². The van der Waals surface area contributed by atoms with E-state index in [4.69, 9.17) is 0 Å². The van der Waals surface area contributed by atoms with Crippen LogP contribution in [0, 0.1) is 0 Å². The van der Waals surface area contributed by atoms with Gasteiger partial charge in [-0.25, -0.2) is 0 Å². The first-order valence-corrected chi connectivity index (χ1v) is 7.75. The summed E-state index contributed by atoms with van der Waals surface area (Å²) in [5, 5.41) is 12.7. The Morgan fingerprint density at radius 1 is 1.32 bits per heavy atom. The highest BCUT2D eigenvalue weighted by molar-refractivity contribution is 8.00. The van der Waals surface area contributed by atoms with Crippen LogP contribution in [-0.2, 0) is 4.79 Å². The monoisotopic (exact) mass is 279 g/mol. The van der Waals surface area contributed by atoms with E-state index in [0.29, 0.717) is 0 Å². The van der Waals surface area contributed by atoms with Crippen LogP contribution in [0.2, 0.25) is 0 Å². The summed E-state index contributed by atoms with van der Waals surface area (Å²) < 4.78 is 0. The lowest BCUT2D eigenvalue weighted by atomic mass is 9.92.